The average Bonchev–Trinajstić information content (AvgIpc) is 3.77. The molecule has 0 atom stereocenters. The fourth-order valence-electron chi connectivity index (χ4n) is 6.65. The summed E-state index contributed by atoms with van der Waals surface area (Å²) in [5.41, 5.74) is 13.3. The molecule has 226 valence electrons. The fourth-order valence-corrected chi connectivity index (χ4v) is 6.65. The van der Waals surface area contributed by atoms with Crippen LogP contribution in [-0.4, -0.2) is 9.97 Å². The molecular weight excluding hydrogens is 588 g/mol. The maximum absolute atomic E-state index is 6.59. The van der Waals surface area contributed by atoms with E-state index >= 15 is 0 Å². The van der Waals surface area contributed by atoms with Crippen molar-refractivity contribution in [2.45, 2.75) is 0 Å². The third-order valence-electron chi connectivity index (χ3n) is 8.77. The molecule has 8 aromatic rings. The molecule has 0 unspecified atom stereocenters. The van der Waals surface area contributed by atoms with Crippen LogP contribution in [-0.2, 0) is 0 Å². The first-order valence-corrected chi connectivity index (χ1v) is 16.0. The number of hydrogen-bond acceptors (Lipinski definition) is 4. The molecule has 0 amide bonds. The van der Waals surface area contributed by atoms with E-state index in [4.69, 9.17) is 18.8 Å². The van der Waals surface area contributed by atoms with Crippen molar-refractivity contribution in [2.75, 3.05) is 0 Å². The van der Waals surface area contributed by atoms with Crippen molar-refractivity contribution in [1.29, 1.82) is 0 Å². The van der Waals surface area contributed by atoms with Gasteiger partial charge < -0.3 is 8.83 Å². The van der Waals surface area contributed by atoms with E-state index in [2.05, 4.69) is 121 Å². The van der Waals surface area contributed by atoms with Crippen LogP contribution >= 0.6 is 0 Å². The van der Waals surface area contributed by atoms with Gasteiger partial charge in [-0.2, -0.15) is 0 Å². The molecule has 2 heterocycles. The Labute approximate surface area is 277 Å². The molecule has 0 aliphatic heterocycles. The Hall–Kier alpha value is -6.52. The summed E-state index contributed by atoms with van der Waals surface area (Å²) in [6, 6.07) is 58.0. The van der Waals surface area contributed by atoms with Crippen molar-refractivity contribution in [3.8, 4) is 0 Å². The molecule has 9 rings (SSSR count). The Balaban J connectivity index is 1.50. The van der Waals surface area contributed by atoms with Crippen LogP contribution in [0.1, 0.15) is 34.0 Å². The van der Waals surface area contributed by atoms with Gasteiger partial charge in [-0.05, 0) is 57.7 Å². The van der Waals surface area contributed by atoms with Crippen molar-refractivity contribution in [3.63, 3.8) is 0 Å². The predicted molar refractivity (Wildman–Crippen MR) is 193 cm³/mol. The number of rotatable bonds is 6. The first-order chi connectivity index (χ1) is 23.8. The number of oxazole rings is 2. The zero-order chi connectivity index (χ0) is 31.9. The summed E-state index contributed by atoms with van der Waals surface area (Å²) in [5.74, 6) is 1.05. The van der Waals surface area contributed by atoms with Crippen LogP contribution < -0.4 is 0 Å². The van der Waals surface area contributed by atoms with Gasteiger partial charge in [0.2, 0.25) is 11.8 Å². The van der Waals surface area contributed by atoms with Gasteiger partial charge in [-0.3, -0.25) is 0 Å². The van der Waals surface area contributed by atoms with Gasteiger partial charge in [-0.1, -0.05) is 146 Å². The standard InChI is InChI=1S/C44H28N2O2/c1-5-17-29(18-6-1)37(30-19-7-2-8-20-30)39-40(38(31-21-9-3-10-22-31)32-23-11-4-12-24-32)42(44-46-34-26-14-16-28-36(34)48-44)41(39)43-45-33-25-13-15-27-35(33)47-43/h1-28H. The molecule has 1 aliphatic rings. The molecule has 0 fully saturated rings. The molecule has 0 N–H and O–H groups in total. The molecular formula is C44H28N2O2. The van der Waals surface area contributed by atoms with E-state index in [1.165, 1.54) is 0 Å². The number of benzene rings is 6. The van der Waals surface area contributed by atoms with E-state index in [0.29, 0.717) is 11.8 Å². The lowest BCUT2D eigenvalue weighted by Gasteiger charge is -2.33. The smallest absolute Gasteiger partial charge is 0.228 e. The molecule has 0 bridgehead atoms. The van der Waals surface area contributed by atoms with Crippen LogP contribution in [0.5, 0.6) is 0 Å². The highest BCUT2D eigenvalue weighted by molar-refractivity contribution is 6.25. The van der Waals surface area contributed by atoms with E-state index in [9.17, 15) is 0 Å². The van der Waals surface area contributed by atoms with Crippen LogP contribution in [0, 0.1) is 0 Å². The molecule has 0 radical (unpaired) electrons. The Morgan fingerprint density at radius 3 is 0.938 bits per heavy atom. The first-order valence-electron chi connectivity index (χ1n) is 16.0. The lowest BCUT2D eigenvalue weighted by Crippen LogP contribution is -2.17. The van der Waals surface area contributed by atoms with Crippen LogP contribution in [0.4, 0.5) is 0 Å². The Morgan fingerprint density at radius 1 is 0.333 bits per heavy atom. The van der Waals surface area contributed by atoms with Crippen LogP contribution in [0.2, 0.25) is 0 Å². The zero-order valence-electron chi connectivity index (χ0n) is 25.9. The van der Waals surface area contributed by atoms with Crippen molar-refractivity contribution in [2.24, 2.45) is 0 Å². The van der Waals surface area contributed by atoms with Gasteiger partial charge in [-0.25, -0.2) is 9.97 Å². The predicted octanol–water partition coefficient (Wildman–Crippen LogP) is 10.9. The molecule has 2 aromatic heterocycles. The van der Waals surface area contributed by atoms with E-state index < -0.39 is 0 Å². The highest BCUT2D eigenvalue weighted by Crippen LogP contribution is 2.58. The van der Waals surface area contributed by atoms with Gasteiger partial charge in [-0.15, -0.1) is 0 Å². The topological polar surface area (TPSA) is 52.1 Å². The van der Waals surface area contributed by atoms with Crippen molar-refractivity contribution in [3.05, 3.63) is 215 Å². The summed E-state index contributed by atoms with van der Waals surface area (Å²) in [5, 5.41) is 0. The van der Waals surface area contributed by atoms with Gasteiger partial charge in [0, 0.05) is 11.1 Å². The number of allylic oxidation sites excluding steroid dienone is 4. The number of fused-ring (bicyclic) bond motifs is 2. The summed E-state index contributed by atoms with van der Waals surface area (Å²) >= 11 is 0. The summed E-state index contributed by atoms with van der Waals surface area (Å²) < 4.78 is 13.2. The number of hydrogen-bond donors (Lipinski definition) is 0. The molecule has 0 saturated carbocycles. The van der Waals surface area contributed by atoms with E-state index in [1.807, 2.05) is 48.5 Å². The maximum atomic E-state index is 6.59. The maximum Gasteiger partial charge on any atom is 0.228 e. The number of para-hydroxylation sites is 4. The van der Waals surface area contributed by atoms with Crippen molar-refractivity contribution >= 4 is 44.5 Å². The van der Waals surface area contributed by atoms with E-state index in [0.717, 1.165) is 77.9 Å². The minimum Gasteiger partial charge on any atom is -0.436 e. The normalized spacial score (nSPS) is 12.8. The molecule has 1 aliphatic carbocycles. The van der Waals surface area contributed by atoms with E-state index in [1.54, 1.807) is 0 Å². The van der Waals surface area contributed by atoms with Crippen LogP contribution in [0.25, 0.3) is 44.5 Å². The van der Waals surface area contributed by atoms with Crippen LogP contribution in [0.15, 0.2) is 190 Å². The van der Waals surface area contributed by atoms with Crippen molar-refractivity contribution in [1.82, 2.24) is 9.97 Å². The van der Waals surface area contributed by atoms with Crippen LogP contribution in [0.3, 0.4) is 0 Å². The molecule has 4 nitrogen and oxygen atoms in total. The summed E-state index contributed by atoms with van der Waals surface area (Å²) in [6.45, 7) is 0. The SMILES string of the molecule is c1ccc(C(=C2C(=C(c3ccccc3)c3ccccc3)C(c3nc4ccccc4o3)=C2c2nc3ccccc3o2)c2ccccc2)cc1. The minimum atomic E-state index is 0.525. The first kappa shape index (κ1) is 27.8. The molecule has 0 saturated heterocycles. The lowest BCUT2D eigenvalue weighted by molar-refractivity contribution is 0.575. The van der Waals surface area contributed by atoms with Gasteiger partial charge in [0.15, 0.2) is 11.2 Å². The average molecular weight is 617 g/mol. The van der Waals surface area contributed by atoms with Gasteiger partial charge in [0.05, 0.1) is 11.1 Å². The zero-order valence-corrected chi connectivity index (χ0v) is 25.9. The molecule has 6 aromatic carbocycles. The summed E-state index contributed by atoms with van der Waals surface area (Å²) in [6.07, 6.45) is 0. The van der Waals surface area contributed by atoms with Gasteiger partial charge in [0.25, 0.3) is 0 Å². The second kappa shape index (κ2) is 11.7. The van der Waals surface area contributed by atoms with Gasteiger partial charge >= 0.3 is 0 Å². The Kier molecular flexibility index (Phi) is 6.76. The highest BCUT2D eigenvalue weighted by atomic mass is 16.4. The highest BCUT2D eigenvalue weighted by Gasteiger charge is 2.42. The number of nitrogens with zero attached hydrogens (tertiary/aromatic N) is 2. The largest absolute Gasteiger partial charge is 0.436 e. The minimum absolute atomic E-state index is 0.525. The summed E-state index contributed by atoms with van der Waals surface area (Å²) in [4.78, 5) is 10.1. The second-order valence-electron chi connectivity index (χ2n) is 11.7. The van der Waals surface area contributed by atoms with E-state index in [-0.39, 0.29) is 0 Å². The molecule has 48 heavy (non-hydrogen) atoms. The third-order valence-corrected chi connectivity index (χ3v) is 8.77. The van der Waals surface area contributed by atoms with Crippen molar-refractivity contribution < 1.29 is 8.83 Å². The molecule has 0 spiro atoms. The monoisotopic (exact) mass is 616 g/mol. The lowest BCUT2D eigenvalue weighted by atomic mass is 9.68. The third kappa shape index (κ3) is 4.70. The Bertz CT molecular complexity index is 2190. The second-order valence-corrected chi connectivity index (χ2v) is 11.7. The fraction of sp³-hybridized carbons (Fsp3) is 0. The van der Waals surface area contributed by atoms with Gasteiger partial charge in [0.1, 0.15) is 11.0 Å². The summed E-state index contributed by atoms with van der Waals surface area (Å²) in [7, 11) is 0. The number of aromatic nitrogens is 2. The molecule has 4 heteroatoms. The quantitative estimate of drug-likeness (QED) is 0.186. The Morgan fingerprint density at radius 2 is 0.625 bits per heavy atom.